The Hall–Kier alpha value is -0.820. The second kappa shape index (κ2) is 3.34. The average molecular weight is 201 g/mol. The quantitative estimate of drug-likeness (QED) is 0.782. The van der Waals surface area contributed by atoms with Gasteiger partial charge in [0.1, 0.15) is 0 Å². The Morgan fingerprint density at radius 2 is 2.00 bits per heavy atom. The topological polar surface area (TPSA) is 26.0 Å². The predicted octanol–water partition coefficient (Wildman–Crippen LogP) is 2.94. The van der Waals surface area contributed by atoms with Gasteiger partial charge in [-0.25, -0.2) is 0 Å². The third kappa shape index (κ3) is 1.41. The molecule has 2 N–H and O–H groups in total. The zero-order valence-corrected chi connectivity index (χ0v) is 9.21. The van der Waals surface area contributed by atoms with Gasteiger partial charge in [0.2, 0.25) is 0 Å². The minimum Gasteiger partial charge on any atom is -0.330 e. The molecule has 0 bridgehead atoms. The Morgan fingerprint density at radius 1 is 1.20 bits per heavy atom. The molecule has 3 rings (SSSR count). The van der Waals surface area contributed by atoms with Crippen LogP contribution in [0.1, 0.15) is 49.1 Å². The van der Waals surface area contributed by atoms with Gasteiger partial charge in [0.15, 0.2) is 0 Å². The summed E-state index contributed by atoms with van der Waals surface area (Å²) < 4.78 is 0. The maximum Gasteiger partial charge on any atom is -0.00433 e. The van der Waals surface area contributed by atoms with Crippen LogP contribution in [-0.4, -0.2) is 6.54 Å². The van der Waals surface area contributed by atoms with Gasteiger partial charge in [-0.15, -0.1) is 0 Å². The highest BCUT2D eigenvalue weighted by Gasteiger charge is 2.48. The molecule has 0 heterocycles. The highest BCUT2D eigenvalue weighted by Crippen LogP contribution is 2.57. The van der Waals surface area contributed by atoms with Crippen LogP contribution < -0.4 is 5.73 Å². The zero-order chi connectivity index (χ0) is 10.3. The van der Waals surface area contributed by atoms with Crippen molar-refractivity contribution in [2.75, 3.05) is 6.54 Å². The first kappa shape index (κ1) is 9.41. The third-order valence-electron chi connectivity index (χ3n) is 4.31. The molecule has 1 spiro atoms. The van der Waals surface area contributed by atoms with E-state index in [2.05, 4.69) is 24.3 Å². The molecule has 0 aliphatic heterocycles. The van der Waals surface area contributed by atoms with Crippen molar-refractivity contribution in [1.29, 1.82) is 0 Å². The summed E-state index contributed by atoms with van der Waals surface area (Å²) in [7, 11) is 0. The summed E-state index contributed by atoms with van der Waals surface area (Å²) in [6.07, 6.45) is 6.74. The number of nitrogens with two attached hydrogens (primary N) is 1. The molecular weight excluding hydrogens is 182 g/mol. The van der Waals surface area contributed by atoms with Crippen molar-refractivity contribution in [3.63, 3.8) is 0 Å². The summed E-state index contributed by atoms with van der Waals surface area (Å²) in [6.45, 7) is 0.825. The predicted molar refractivity (Wildman–Crippen MR) is 63.0 cm³/mol. The molecule has 0 radical (unpaired) electrons. The van der Waals surface area contributed by atoms with Gasteiger partial charge >= 0.3 is 0 Å². The Kier molecular flexibility index (Phi) is 2.10. The number of benzene rings is 1. The highest BCUT2D eigenvalue weighted by atomic mass is 14.6. The Morgan fingerprint density at radius 3 is 2.73 bits per heavy atom. The molecule has 0 saturated heterocycles. The minimum atomic E-state index is 0.599. The molecule has 1 heteroatoms. The van der Waals surface area contributed by atoms with Crippen LogP contribution in [0.15, 0.2) is 24.3 Å². The summed E-state index contributed by atoms with van der Waals surface area (Å²) in [4.78, 5) is 0. The van der Waals surface area contributed by atoms with Crippen molar-refractivity contribution < 1.29 is 0 Å². The lowest BCUT2D eigenvalue weighted by atomic mass is 9.73. The molecule has 2 aliphatic carbocycles. The fourth-order valence-corrected chi connectivity index (χ4v) is 3.25. The number of rotatable bonds is 2. The first-order chi connectivity index (χ1) is 7.36. The summed E-state index contributed by atoms with van der Waals surface area (Å²) in [5.74, 6) is 0.734. The van der Waals surface area contributed by atoms with Gasteiger partial charge in [-0.3, -0.25) is 0 Å². The van der Waals surface area contributed by atoms with Crippen LogP contribution in [0.3, 0.4) is 0 Å². The first-order valence-electron chi connectivity index (χ1n) is 6.15. The summed E-state index contributed by atoms with van der Waals surface area (Å²) >= 11 is 0. The van der Waals surface area contributed by atoms with Crippen molar-refractivity contribution >= 4 is 0 Å². The van der Waals surface area contributed by atoms with E-state index in [1.165, 1.54) is 25.7 Å². The average Bonchev–Trinajstić information content (AvgIpc) is 3.05. The van der Waals surface area contributed by atoms with Gasteiger partial charge in [-0.05, 0) is 61.1 Å². The van der Waals surface area contributed by atoms with Gasteiger partial charge < -0.3 is 5.73 Å². The molecule has 1 nitrogen and oxygen atoms in total. The molecular formula is C14H19N. The molecule has 1 unspecified atom stereocenters. The summed E-state index contributed by atoms with van der Waals surface area (Å²) in [6, 6.07) is 9.06. The normalized spacial score (nSPS) is 26.3. The SMILES string of the molecule is NCCC1CCC2(CC2)c2ccccc21. The monoisotopic (exact) mass is 201 g/mol. The second-order valence-electron chi connectivity index (χ2n) is 5.18. The third-order valence-corrected chi connectivity index (χ3v) is 4.31. The van der Waals surface area contributed by atoms with Gasteiger partial charge in [0.25, 0.3) is 0 Å². The van der Waals surface area contributed by atoms with Crippen LogP contribution in [0.25, 0.3) is 0 Å². The fourth-order valence-electron chi connectivity index (χ4n) is 3.25. The lowest BCUT2D eigenvalue weighted by molar-refractivity contribution is 0.455. The molecule has 15 heavy (non-hydrogen) atoms. The lowest BCUT2D eigenvalue weighted by Crippen LogP contribution is -2.21. The van der Waals surface area contributed by atoms with E-state index in [0.29, 0.717) is 5.41 Å². The molecule has 0 amide bonds. The molecule has 1 aromatic carbocycles. The van der Waals surface area contributed by atoms with Gasteiger partial charge in [-0.1, -0.05) is 24.3 Å². The van der Waals surface area contributed by atoms with E-state index in [-0.39, 0.29) is 0 Å². The number of fused-ring (bicyclic) bond motifs is 2. The first-order valence-corrected chi connectivity index (χ1v) is 6.15. The molecule has 1 atom stereocenters. The van der Waals surface area contributed by atoms with Crippen LogP contribution in [-0.2, 0) is 5.41 Å². The highest BCUT2D eigenvalue weighted by molar-refractivity contribution is 5.42. The summed E-state index contributed by atoms with van der Waals surface area (Å²) in [5.41, 5.74) is 9.55. The van der Waals surface area contributed by atoms with E-state index in [9.17, 15) is 0 Å². The van der Waals surface area contributed by atoms with Crippen molar-refractivity contribution in [1.82, 2.24) is 0 Å². The minimum absolute atomic E-state index is 0.599. The van der Waals surface area contributed by atoms with Gasteiger partial charge in [-0.2, -0.15) is 0 Å². The fraction of sp³-hybridized carbons (Fsp3) is 0.571. The molecule has 80 valence electrons. The van der Waals surface area contributed by atoms with Crippen LogP contribution in [0.2, 0.25) is 0 Å². The second-order valence-corrected chi connectivity index (χ2v) is 5.18. The van der Waals surface area contributed by atoms with Crippen molar-refractivity contribution in [3.05, 3.63) is 35.4 Å². The molecule has 1 saturated carbocycles. The Labute approximate surface area is 91.7 Å². The van der Waals surface area contributed by atoms with E-state index >= 15 is 0 Å². The zero-order valence-electron chi connectivity index (χ0n) is 9.21. The Balaban J connectivity index is 2.00. The number of hydrogen-bond acceptors (Lipinski definition) is 1. The molecule has 2 aliphatic rings. The van der Waals surface area contributed by atoms with Crippen molar-refractivity contribution in [2.24, 2.45) is 5.73 Å². The van der Waals surface area contributed by atoms with E-state index < -0.39 is 0 Å². The smallest absolute Gasteiger partial charge is 0.00433 e. The molecule has 0 aromatic heterocycles. The maximum atomic E-state index is 5.70. The largest absolute Gasteiger partial charge is 0.330 e. The van der Waals surface area contributed by atoms with Gasteiger partial charge in [0.05, 0.1) is 0 Å². The Bertz CT molecular complexity index is 365. The van der Waals surface area contributed by atoms with Crippen molar-refractivity contribution in [3.8, 4) is 0 Å². The van der Waals surface area contributed by atoms with E-state index in [0.717, 1.165) is 18.9 Å². The van der Waals surface area contributed by atoms with Crippen molar-refractivity contribution in [2.45, 2.75) is 43.4 Å². The van der Waals surface area contributed by atoms with Crippen LogP contribution >= 0.6 is 0 Å². The van der Waals surface area contributed by atoms with Crippen LogP contribution in [0.4, 0.5) is 0 Å². The van der Waals surface area contributed by atoms with Gasteiger partial charge in [0, 0.05) is 0 Å². The van der Waals surface area contributed by atoms with E-state index in [1.807, 2.05) is 0 Å². The number of hydrogen-bond donors (Lipinski definition) is 1. The maximum absolute atomic E-state index is 5.70. The lowest BCUT2D eigenvalue weighted by Gasteiger charge is -2.31. The molecule has 1 aromatic rings. The van der Waals surface area contributed by atoms with E-state index in [4.69, 9.17) is 5.73 Å². The van der Waals surface area contributed by atoms with Crippen LogP contribution in [0, 0.1) is 0 Å². The van der Waals surface area contributed by atoms with Crippen LogP contribution in [0.5, 0.6) is 0 Å². The van der Waals surface area contributed by atoms with E-state index in [1.54, 1.807) is 11.1 Å². The standard InChI is InChI=1S/C14H19N/c15-10-6-11-5-7-14(8-9-14)13-4-2-1-3-12(11)13/h1-4,11H,5-10,15H2. The molecule has 1 fully saturated rings. The summed E-state index contributed by atoms with van der Waals surface area (Å²) in [5, 5.41) is 0.